The van der Waals surface area contributed by atoms with Gasteiger partial charge in [-0.15, -0.1) is 0 Å². The molecule has 4 aromatic carbocycles. The Bertz CT molecular complexity index is 1190. The van der Waals surface area contributed by atoms with Crippen LogP contribution in [0, 0.1) is 0 Å². The van der Waals surface area contributed by atoms with E-state index in [0.29, 0.717) is 0 Å². The second-order valence-electron chi connectivity index (χ2n) is 8.74. The molecule has 0 radical (unpaired) electrons. The highest BCUT2D eigenvalue weighted by Crippen LogP contribution is 2.42. The molecule has 5 rings (SSSR count). The lowest BCUT2D eigenvalue weighted by Crippen LogP contribution is -2.10. The van der Waals surface area contributed by atoms with Crippen LogP contribution in [0.25, 0.3) is 11.1 Å². The van der Waals surface area contributed by atoms with Gasteiger partial charge in [-0.05, 0) is 101 Å². The van der Waals surface area contributed by atoms with E-state index in [1.807, 2.05) is 0 Å². The minimum atomic E-state index is 1.02. The lowest BCUT2D eigenvalue weighted by atomic mass is 10.0. The number of hydrogen-bond donors (Lipinski definition) is 0. The fourth-order valence-electron chi connectivity index (χ4n) is 4.82. The number of anilines is 3. The minimum Gasteiger partial charge on any atom is -0.310 e. The molecule has 0 aliphatic heterocycles. The van der Waals surface area contributed by atoms with Crippen molar-refractivity contribution in [1.82, 2.24) is 0 Å². The Morgan fingerprint density at radius 3 is 1.47 bits per heavy atom. The normalized spacial score (nSPS) is 11.8. The van der Waals surface area contributed by atoms with Crippen LogP contribution in [-0.2, 0) is 25.7 Å². The van der Waals surface area contributed by atoms with Crippen molar-refractivity contribution in [2.45, 2.75) is 46.5 Å². The SMILES string of the molecule is CCc1ccc(N(c2ccc(CC)cc2)c2ccc3c(c2)Cc2cc(CC)ccc2-3)cc1. The molecule has 0 unspecified atom stereocenters. The number of nitrogens with zero attached hydrogens (tertiary/aromatic N) is 1. The third kappa shape index (κ3) is 3.73. The average molecular weight is 418 g/mol. The van der Waals surface area contributed by atoms with Crippen LogP contribution in [0.1, 0.15) is 48.6 Å². The predicted molar refractivity (Wildman–Crippen MR) is 138 cm³/mol. The van der Waals surface area contributed by atoms with E-state index >= 15 is 0 Å². The Balaban J connectivity index is 1.58. The van der Waals surface area contributed by atoms with Crippen LogP contribution in [0.15, 0.2) is 84.9 Å². The van der Waals surface area contributed by atoms with Crippen LogP contribution in [0.3, 0.4) is 0 Å². The zero-order valence-corrected chi connectivity index (χ0v) is 19.4. The Morgan fingerprint density at radius 1 is 0.500 bits per heavy atom. The summed E-state index contributed by atoms with van der Waals surface area (Å²) in [7, 11) is 0. The van der Waals surface area contributed by atoms with E-state index in [9.17, 15) is 0 Å². The molecule has 32 heavy (non-hydrogen) atoms. The lowest BCUT2D eigenvalue weighted by molar-refractivity contribution is 1.12. The van der Waals surface area contributed by atoms with Crippen molar-refractivity contribution in [2.75, 3.05) is 4.90 Å². The first-order chi connectivity index (χ1) is 15.7. The Labute approximate surface area is 192 Å². The molecular weight excluding hydrogens is 386 g/mol. The van der Waals surface area contributed by atoms with Gasteiger partial charge in [0.05, 0.1) is 0 Å². The Hall–Kier alpha value is -3.32. The summed E-state index contributed by atoms with van der Waals surface area (Å²) < 4.78 is 0. The van der Waals surface area contributed by atoms with Crippen molar-refractivity contribution in [3.63, 3.8) is 0 Å². The van der Waals surface area contributed by atoms with Gasteiger partial charge in [0, 0.05) is 17.1 Å². The Kier molecular flexibility index (Phi) is 5.57. The third-order valence-corrected chi connectivity index (χ3v) is 6.80. The Morgan fingerprint density at radius 2 is 0.938 bits per heavy atom. The van der Waals surface area contributed by atoms with E-state index in [0.717, 1.165) is 25.7 Å². The largest absolute Gasteiger partial charge is 0.310 e. The molecule has 1 aliphatic carbocycles. The standard InChI is InChI=1S/C31H31N/c1-4-22-7-12-27(13-8-22)32(28-14-9-23(5-2)10-15-28)29-16-18-31-26(21-29)20-25-19-24(6-3)11-17-30(25)31/h7-19,21H,4-6,20H2,1-3H3. The molecule has 0 atom stereocenters. The second kappa shape index (κ2) is 8.67. The van der Waals surface area contributed by atoms with Gasteiger partial charge in [0.15, 0.2) is 0 Å². The third-order valence-electron chi connectivity index (χ3n) is 6.80. The molecule has 0 saturated carbocycles. The fourth-order valence-corrected chi connectivity index (χ4v) is 4.82. The van der Waals surface area contributed by atoms with Crippen LogP contribution < -0.4 is 4.90 Å². The number of benzene rings is 4. The molecule has 0 spiro atoms. The molecule has 160 valence electrons. The first-order valence-corrected chi connectivity index (χ1v) is 11.9. The van der Waals surface area contributed by atoms with Gasteiger partial charge in [-0.2, -0.15) is 0 Å². The van der Waals surface area contributed by atoms with Gasteiger partial charge in [0.1, 0.15) is 0 Å². The maximum Gasteiger partial charge on any atom is 0.0464 e. The van der Waals surface area contributed by atoms with Crippen molar-refractivity contribution >= 4 is 17.1 Å². The molecule has 0 saturated heterocycles. The van der Waals surface area contributed by atoms with Crippen molar-refractivity contribution in [2.24, 2.45) is 0 Å². The summed E-state index contributed by atoms with van der Waals surface area (Å²) in [5.74, 6) is 0. The number of hydrogen-bond acceptors (Lipinski definition) is 1. The summed E-state index contributed by atoms with van der Waals surface area (Å²) >= 11 is 0. The zero-order valence-electron chi connectivity index (χ0n) is 19.4. The second-order valence-corrected chi connectivity index (χ2v) is 8.74. The van der Waals surface area contributed by atoms with Crippen LogP contribution in [0.5, 0.6) is 0 Å². The van der Waals surface area contributed by atoms with Gasteiger partial charge in [-0.3, -0.25) is 0 Å². The maximum atomic E-state index is 2.39. The molecule has 0 aromatic heterocycles. The first-order valence-electron chi connectivity index (χ1n) is 11.9. The van der Waals surface area contributed by atoms with Crippen LogP contribution in [0.2, 0.25) is 0 Å². The van der Waals surface area contributed by atoms with Gasteiger partial charge < -0.3 is 4.90 Å². The summed E-state index contributed by atoms with van der Waals surface area (Å²) in [6.45, 7) is 6.64. The highest BCUT2D eigenvalue weighted by atomic mass is 15.1. The van der Waals surface area contributed by atoms with E-state index in [2.05, 4.69) is 111 Å². The first kappa shape index (κ1) is 20.6. The molecule has 1 aliphatic rings. The predicted octanol–water partition coefficient (Wildman–Crippen LogP) is 8.41. The van der Waals surface area contributed by atoms with Gasteiger partial charge >= 0.3 is 0 Å². The highest BCUT2D eigenvalue weighted by molar-refractivity contribution is 5.83. The smallest absolute Gasteiger partial charge is 0.0464 e. The molecule has 0 amide bonds. The monoisotopic (exact) mass is 417 g/mol. The van der Waals surface area contributed by atoms with E-state index in [4.69, 9.17) is 0 Å². The zero-order chi connectivity index (χ0) is 22.1. The summed E-state index contributed by atoms with van der Waals surface area (Å²) in [5.41, 5.74) is 13.5. The van der Waals surface area contributed by atoms with Crippen molar-refractivity contribution < 1.29 is 0 Å². The fraction of sp³-hybridized carbons (Fsp3) is 0.226. The number of fused-ring (bicyclic) bond motifs is 3. The number of aryl methyl sites for hydroxylation is 3. The molecule has 1 heteroatoms. The topological polar surface area (TPSA) is 3.24 Å². The summed E-state index contributed by atoms with van der Waals surface area (Å²) in [4.78, 5) is 2.39. The maximum absolute atomic E-state index is 2.39. The van der Waals surface area contributed by atoms with E-state index in [1.165, 1.54) is 56.0 Å². The summed E-state index contributed by atoms with van der Waals surface area (Å²) in [5, 5.41) is 0. The molecular formula is C31H31N. The van der Waals surface area contributed by atoms with Gasteiger partial charge in [0.25, 0.3) is 0 Å². The van der Waals surface area contributed by atoms with Crippen molar-refractivity contribution in [1.29, 1.82) is 0 Å². The van der Waals surface area contributed by atoms with Gasteiger partial charge in [-0.25, -0.2) is 0 Å². The molecule has 1 nitrogen and oxygen atoms in total. The van der Waals surface area contributed by atoms with Gasteiger partial charge in [-0.1, -0.05) is 69.3 Å². The lowest BCUT2D eigenvalue weighted by Gasteiger charge is -2.26. The number of rotatable bonds is 6. The van der Waals surface area contributed by atoms with Crippen molar-refractivity contribution in [3.8, 4) is 11.1 Å². The molecule has 0 bridgehead atoms. The van der Waals surface area contributed by atoms with Crippen LogP contribution in [-0.4, -0.2) is 0 Å². The highest BCUT2D eigenvalue weighted by Gasteiger charge is 2.21. The quantitative estimate of drug-likeness (QED) is 0.268. The van der Waals surface area contributed by atoms with E-state index in [-0.39, 0.29) is 0 Å². The molecule has 0 heterocycles. The average Bonchev–Trinajstić information content (AvgIpc) is 3.22. The van der Waals surface area contributed by atoms with Crippen molar-refractivity contribution in [3.05, 3.63) is 113 Å². The summed E-state index contributed by atoms with van der Waals surface area (Å²) in [6.07, 6.45) is 4.22. The molecule has 4 aromatic rings. The van der Waals surface area contributed by atoms with E-state index in [1.54, 1.807) is 0 Å². The van der Waals surface area contributed by atoms with E-state index < -0.39 is 0 Å². The van der Waals surface area contributed by atoms with Gasteiger partial charge in [0.2, 0.25) is 0 Å². The van der Waals surface area contributed by atoms with Crippen LogP contribution in [0.4, 0.5) is 17.1 Å². The molecule has 0 fully saturated rings. The minimum absolute atomic E-state index is 1.02. The van der Waals surface area contributed by atoms with Crippen LogP contribution >= 0.6 is 0 Å². The molecule has 0 N–H and O–H groups in total. The summed E-state index contributed by atoms with van der Waals surface area (Å²) in [6, 6.07) is 32.0.